The molecule has 0 aliphatic rings. The Bertz CT molecular complexity index is 546. The van der Waals surface area contributed by atoms with Crippen molar-refractivity contribution in [3.63, 3.8) is 0 Å². The van der Waals surface area contributed by atoms with E-state index >= 15 is 0 Å². The van der Waals surface area contributed by atoms with E-state index in [-0.39, 0.29) is 0 Å². The van der Waals surface area contributed by atoms with Gasteiger partial charge in [0, 0.05) is 0 Å². The summed E-state index contributed by atoms with van der Waals surface area (Å²) in [6, 6.07) is 14.5. The van der Waals surface area contributed by atoms with Gasteiger partial charge in [0.15, 0.2) is 0 Å². The monoisotopic (exact) mass is 269 g/mol. The van der Waals surface area contributed by atoms with Crippen molar-refractivity contribution in [3.05, 3.63) is 59.2 Å². The van der Waals surface area contributed by atoms with Gasteiger partial charge in [0.05, 0.1) is 0 Å². The average molecular weight is 269 g/mol. The molecule has 20 heavy (non-hydrogen) atoms. The third-order valence-corrected chi connectivity index (χ3v) is 3.43. The minimum atomic E-state index is 0.680. The minimum absolute atomic E-state index is 0.680. The van der Waals surface area contributed by atoms with Crippen molar-refractivity contribution in [1.29, 1.82) is 0 Å². The van der Waals surface area contributed by atoms with Gasteiger partial charge in [-0.25, -0.2) is 0 Å². The maximum Gasteiger partial charge on any atom is 0.127 e. The Labute approximate surface area is 121 Å². The van der Waals surface area contributed by atoms with E-state index in [1.807, 2.05) is 18.2 Å². The molecule has 0 spiro atoms. The highest BCUT2D eigenvalue weighted by Gasteiger charge is 2.02. The van der Waals surface area contributed by atoms with Crippen LogP contribution >= 0.6 is 0 Å². The Hall–Kier alpha value is -1.80. The molecule has 0 aromatic heterocycles. The maximum atomic E-state index is 5.89. The summed E-state index contributed by atoms with van der Waals surface area (Å²) in [6.07, 6.45) is 3.20. The second-order valence-corrected chi connectivity index (χ2v) is 5.12. The molecule has 0 atom stereocenters. The molecule has 0 radical (unpaired) electrons. The van der Waals surface area contributed by atoms with E-state index in [1.54, 1.807) is 0 Å². The lowest BCUT2D eigenvalue weighted by Gasteiger charge is -2.10. The molecule has 2 rings (SSSR count). The average Bonchev–Trinajstić information content (AvgIpc) is 2.44. The molecule has 0 heterocycles. The highest BCUT2D eigenvalue weighted by atomic mass is 16.5. The van der Waals surface area contributed by atoms with Crippen molar-refractivity contribution in [2.45, 2.75) is 33.1 Å². The molecule has 0 aliphatic carbocycles. The quantitative estimate of drug-likeness (QED) is 0.851. The van der Waals surface area contributed by atoms with E-state index in [1.165, 1.54) is 23.1 Å². The maximum absolute atomic E-state index is 5.89. The predicted octanol–water partition coefficient (Wildman–Crippen LogP) is 4.24. The van der Waals surface area contributed by atoms with Crippen molar-refractivity contribution < 1.29 is 4.74 Å². The van der Waals surface area contributed by atoms with Gasteiger partial charge in [-0.15, -0.1) is 0 Å². The first kappa shape index (κ1) is 14.6. The standard InChI is InChI=1S/C18H23NO/c1-3-4-15-5-8-17(9-6-15)20-18-10-7-16(11-12-19)14(2)13-18/h5-10,13H,3-4,11-12,19H2,1-2H3. The van der Waals surface area contributed by atoms with Crippen LogP contribution in [0, 0.1) is 6.92 Å². The van der Waals surface area contributed by atoms with E-state index < -0.39 is 0 Å². The predicted molar refractivity (Wildman–Crippen MR) is 84.4 cm³/mol. The number of nitrogens with two attached hydrogens (primary N) is 1. The zero-order chi connectivity index (χ0) is 14.4. The Morgan fingerprint density at radius 2 is 1.65 bits per heavy atom. The Balaban J connectivity index is 2.07. The summed E-state index contributed by atoms with van der Waals surface area (Å²) >= 11 is 0. The van der Waals surface area contributed by atoms with E-state index in [0.717, 1.165) is 24.3 Å². The van der Waals surface area contributed by atoms with Gasteiger partial charge in [-0.2, -0.15) is 0 Å². The molecule has 0 unspecified atom stereocenters. The second kappa shape index (κ2) is 7.11. The zero-order valence-corrected chi connectivity index (χ0v) is 12.4. The van der Waals surface area contributed by atoms with Gasteiger partial charge < -0.3 is 10.5 Å². The summed E-state index contributed by atoms with van der Waals surface area (Å²) in [6.45, 7) is 4.97. The molecule has 106 valence electrons. The molecule has 2 aromatic rings. The second-order valence-electron chi connectivity index (χ2n) is 5.12. The molecule has 2 aromatic carbocycles. The van der Waals surface area contributed by atoms with Crippen molar-refractivity contribution >= 4 is 0 Å². The molecule has 0 aliphatic heterocycles. The largest absolute Gasteiger partial charge is 0.457 e. The fourth-order valence-electron chi connectivity index (χ4n) is 2.32. The van der Waals surface area contributed by atoms with Crippen LogP contribution in [0.1, 0.15) is 30.0 Å². The van der Waals surface area contributed by atoms with Gasteiger partial charge in [0.2, 0.25) is 0 Å². The number of ether oxygens (including phenoxy) is 1. The first-order chi connectivity index (χ1) is 9.72. The highest BCUT2D eigenvalue weighted by molar-refractivity contribution is 5.38. The van der Waals surface area contributed by atoms with Gasteiger partial charge in [-0.3, -0.25) is 0 Å². The summed E-state index contributed by atoms with van der Waals surface area (Å²) in [5.74, 6) is 1.77. The molecule has 0 saturated heterocycles. The molecule has 2 N–H and O–H groups in total. The Morgan fingerprint density at radius 1 is 0.950 bits per heavy atom. The molecule has 2 heteroatoms. The number of hydrogen-bond donors (Lipinski definition) is 1. The minimum Gasteiger partial charge on any atom is -0.457 e. The van der Waals surface area contributed by atoms with Crippen molar-refractivity contribution in [1.82, 2.24) is 0 Å². The van der Waals surface area contributed by atoms with Crippen LogP contribution in [-0.4, -0.2) is 6.54 Å². The number of hydrogen-bond acceptors (Lipinski definition) is 2. The summed E-state index contributed by atoms with van der Waals surface area (Å²) in [4.78, 5) is 0. The third-order valence-electron chi connectivity index (χ3n) is 3.43. The van der Waals surface area contributed by atoms with Gasteiger partial charge in [0.1, 0.15) is 11.5 Å². The van der Waals surface area contributed by atoms with Crippen LogP contribution in [0.4, 0.5) is 0 Å². The summed E-state index contributed by atoms with van der Waals surface area (Å²) < 4.78 is 5.89. The summed E-state index contributed by atoms with van der Waals surface area (Å²) in [5, 5.41) is 0. The zero-order valence-electron chi connectivity index (χ0n) is 12.4. The lowest BCUT2D eigenvalue weighted by atomic mass is 10.1. The van der Waals surface area contributed by atoms with Crippen molar-refractivity contribution in [3.8, 4) is 11.5 Å². The summed E-state index contributed by atoms with van der Waals surface area (Å²) in [7, 11) is 0. The van der Waals surface area contributed by atoms with Gasteiger partial charge >= 0.3 is 0 Å². The number of rotatable bonds is 6. The molecular formula is C18H23NO. The van der Waals surface area contributed by atoms with E-state index in [0.29, 0.717) is 6.54 Å². The number of aryl methyl sites for hydroxylation is 2. The normalized spacial score (nSPS) is 10.6. The lowest BCUT2D eigenvalue weighted by Crippen LogP contribution is -2.04. The molecular weight excluding hydrogens is 246 g/mol. The van der Waals surface area contributed by atoms with Crippen LogP contribution in [-0.2, 0) is 12.8 Å². The Morgan fingerprint density at radius 3 is 2.25 bits per heavy atom. The van der Waals surface area contributed by atoms with E-state index in [4.69, 9.17) is 10.5 Å². The molecule has 2 nitrogen and oxygen atoms in total. The van der Waals surface area contributed by atoms with Gasteiger partial charge in [-0.1, -0.05) is 31.5 Å². The van der Waals surface area contributed by atoms with Crippen LogP contribution in [0.3, 0.4) is 0 Å². The van der Waals surface area contributed by atoms with Gasteiger partial charge in [-0.05, 0) is 67.3 Å². The van der Waals surface area contributed by atoms with Crippen LogP contribution in [0.15, 0.2) is 42.5 Å². The number of benzene rings is 2. The van der Waals surface area contributed by atoms with Crippen molar-refractivity contribution in [2.24, 2.45) is 5.73 Å². The van der Waals surface area contributed by atoms with Crippen LogP contribution in [0.2, 0.25) is 0 Å². The van der Waals surface area contributed by atoms with Crippen LogP contribution in [0.5, 0.6) is 11.5 Å². The lowest BCUT2D eigenvalue weighted by molar-refractivity contribution is 0.481. The van der Waals surface area contributed by atoms with Crippen LogP contribution in [0.25, 0.3) is 0 Å². The first-order valence-electron chi connectivity index (χ1n) is 7.29. The Kier molecular flexibility index (Phi) is 5.19. The topological polar surface area (TPSA) is 35.2 Å². The molecule has 0 fully saturated rings. The highest BCUT2D eigenvalue weighted by Crippen LogP contribution is 2.24. The fraction of sp³-hybridized carbons (Fsp3) is 0.333. The fourth-order valence-corrected chi connectivity index (χ4v) is 2.32. The van der Waals surface area contributed by atoms with Gasteiger partial charge in [0.25, 0.3) is 0 Å². The molecule has 0 amide bonds. The van der Waals surface area contributed by atoms with E-state index in [2.05, 4.69) is 38.1 Å². The molecule has 0 saturated carbocycles. The van der Waals surface area contributed by atoms with Crippen LogP contribution < -0.4 is 10.5 Å². The van der Waals surface area contributed by atoms with E-state index in [9.17, 15) is 0 Å². The summed E-state index contributed by atoms with van der Waals surface area (Å²) in [5.41, 5.74) is 9.48. The SMILES string of the molecule is CCCc1ccc(Oc2ccc(CCN)c(C)c2)cc1. The first-order valence-corrected chi connectivity index (χ1v) is 7.29. The smallest absolute Gasteiger partial charge is 0.127 e. The molecule has 0 bridgehead atoms. The van der Waals surface area contributed by atoms with Crippen molar-refractivity contribution in [2.75, 3.05) is 6.54 Å². The third kappa shape index (κ3) is 3.84.